The molecule has 34 heavy (non-hydrogen) atoms. The van der Waals surface area contributed by atoms with E-state index in [9.17, 15) is 32.3 Å². The number of fused-ring (bicyclic) bond motifs is 1. The van der Waals surface area contributed by atoms with E-state index in [4.69, 9.17) is 4.74 Å². The first-order chi connectivity index (χ1) is 16.1. The molecule has 12 heteroatoms. The summed E-state index contributed by atoms with van der Waals surface area (Å²) in [6.45, 7) is 0.539. The van der Waals surface area contributed by atoms with Gasteiger partial charge in [0.05, 0.1) is 12.5 Å². The Kier molecular flexibility index (Phi) is 6.24. The van der Waals surface area contributed by atoms with Crippen LogP contribution in [0.25, 0.3) is 0 Å². The van der Waals surface area contributed by atoms with Crippen LogP contribution in [0.5, 0.6) is 11.5 Å². The predicted molar refractivity (Wildman–Crippen MR) is 109 cm³/mol. The van der Waals surface area contributed by atoms with Crippen LogP contribution in [-0.4, -0.2) is 53.0 Å². The van der Waals surface area contributed by atoms with Crippen molar-refractivity contribution in [3.05, 3.63) is 53.6 Å². The van der Waals surface area contributed by atoms with Crippen molar-refractivity contribution in [2.45, 2.75) is 31.2 Å². The Balaban J connectivity index is 1.68. The van der Waals surface area contributed by atoms with Crippen LogP contribution in [0.4, 0.5) is 22.4 Å². The number of rotatable bonds is 4. The summed E-state index contributed by atoms with van der Waals surface area (Å²) < 4.78 is 61.8. The number of likely N-dealkylation sites (tertiary alicyclic amines) is 1. The van der Waals surface area contributed by atoms with Crippen molar-refractivity contribution in [2.24, 2.45) is 5.92 Å². The average molecular weight is 483 g/mol. The minimum absolute atomic E-state index is 0.127. The van der Waals surface area contributed by atoms with Crippen LogP contribution >= 0.6 is 0 Å². The van der Waals surface area contributed by atoms with Gasteiger partial charge in [0.15, 0.2) is 11.6 Å². The fourth-order valence-corrected chi connectivity index (χ4v) is 4.30. The van der Waals surface area contributed by atoms with Gasteiger partial charge in [-0.05, 0) is 42.7 Å². The molecule has 0 spiro atoms. The third kappa shape index (κ3) is 4.70. The summed E-state index contributed by atoms with van der Waals surface area (Å²) in [5.41, 5.74) is -0.955. The van der Waals surface area contributed by atoms with E-state index in [2.05, 4.69) is 15.0 Å². The first-order valence-corrected chi connectivity index (χ1v) is 10.5. The number of nitrogens with one attached hydrogen (secondary N) is 1. The molecule has 0 radical (unpaired) electrons. The highest BCUT2D eigenvalue weighted by Crippen LogP contribution is 2.42. The van der Waals surface area contributed by atoms with Crippen LogP contribution in [-0.2, 0) is 10.3 Å². The molecule has 2 aliphatic heterocycles. The molecule has 2 amide bonds. The lowest BCUT2D eigenvalue weighted by atomic mass is 9.81. The number of alkyl halides is 3. The molecule has 1 saturated heterocycles. The average Bonchev–Trinajstić information content (AvgIpc) is 2.79. The number of urea groups is 1. The maximum Gasteiger partial charge on any atom is 0.573 e. The zero-order valence-corrected chi connectivity index (χ0v) is 17.8. The standard InChI is InChI=1S/C22H21F4N3O5/c23-15-12-14(3-4-16(15)34-22(24,25)26)21(7-11-33-17-2-1-8-27-18(17)21)28-20(32)29-9-5-13(6-10-29)19(30)31/h1-4,8,12-13H,5-7,9-11H2,(H,28,32)(H,30,31). The minimum Gasteiger partial charge on any atom is -0.491 e. The molecule has 0 aliphatic carbocycles. The highest BCUT2D eigenvalue weighted by Gasteiger charge is 2.44. The molecule has 2 aliphatic rings. The van der Waals surface area contributed by atoms with Crippen LogP contribution in [0.2, 0.25) is 0 Å². The topological polar surface area (TPSA) is 101 Å². The maximum atomic E-state index is 14.6. The smallest absolute Gasteiger partial charge is 0.491 e. The second-order valence-corrected chi connectivity index (χ2v) is 8.08. The normalized spacial score (nSPS) is 20.8. The van der Waals surface area contributed by atoms with E-state index in [1.807, 2.05) is 0 Å². The maximum absolute atomic E-state index is 14.6. The number of piperidine rings is 1. The van der Waals surface area contributed by atoms with Crippen LogP contribution in [0.1, 0.15) is 30.5 Å². The van der Waals surface area contributed by atoms with Crippen molar-refractivity contribution in [3.8, 4) is 11.5 Å². The summed E-state index contributed by atoms with van der Waals surface area (Å²) >= 11 is 0. The Hall–Kier alpha value is -3.57. The molecule has 1 fully saturated rings. The van der Waals surface area contributed by atoms with Crippen molar-refractivity contribution in [1.29, 1.82) is 0 Å². The van der Waals surface area contributed by atoms with Gasteiger partial charge in [-0.3, -0.25) is 9.78 Å². The predicted octanol–water partition coefficient (Wildman–Crippen LogP) is 3.65. The lowest BCUT2D eigenvalue weighted by Crippen LogP contribution is -2.55. The summed E-state index contributed by atoms with van der Waals surface area (Å²) in [5, 5.41) is 12.1. The third-order valence-electron chi connectivity index (χ3n) is 6.01. The summed E-state index contributed by atoms with van der Waals surface area (Å²) in [6.07, 6.45) is -2.90. The van der Waals surface area contributed by atoms with Crippen LogP contribution in [0.15, 0.2) is 36.5 Å². The Morgan fingerprint density at radius 2 is 1.97 bits per heavy atom. The third-order valence-corrected chi connectivity index (χ3v) is 6.01. The van der Waals surface area contributed by atoms with Gasteiger partial charge in [-0.1, -0.05) is 6.07 Å². The number of benzene rings is 1. The van der Waals surface area contributed by atoms with E-state index >= 15 is 0 Å². The van der Waals surface area contributed by atoms with Crippen molar-refractivity contribution < 1.29 is 41.7 Å². The second-order valence-electron chi connectivity index (χ2n) is 8.08. The number of halogens is 4. The molecule has 0 bridgehead atoms. The van der Waals surface area contributed by atoms with Crippen molar-refractivity contribution in [3.63, 3.8) is 0 Å². The highest BCUT2D eigenvalue weighted by atomic mass is 19.4. The molecule has 1 unspecified atom stereocenters. The number of carboxylic acid groups (broad SMARTS) is 1. The lowest BCUT2D eigenvalue weighted by Gasteiger charge is -2.41. The zero-order chi connectivity index (χ0) is 24.5. The SMILES string of the molecule is O=C(O)C1CCN(C(=O)NC2(c3ccc(OC(F)(F)F)c(F)c3)CCOc3cccnc32)CC1. The van der Waals surface area contributed by atoms with Crippen molar-refractivity contribution in [1.82, 2.24) is 15.2 Å². The lowest BCUT2D eigenvalue weighted by molar-refractivity contribution is -0.275. The Morgan fingerprint density at radius 1 is 1.24 bits per heavy atom. The number of carboxylic acids is 1. The van der Waals surface area contributed by atoms with Crippen LogP contribution < -0.4 is 14.8 Å². The summed E-state index contributed by atoms with van der Waals surface area (Å²) in [4.78, 5) is 30.2. The van der Waals surface area contributed by atoms with Gasteiger partial charge in [0, 0.05) is 25.7 Å². The fourth-order valence-electron chi connectivity index (χ4n) is 4.30. The van der Waals surface area contributed by atoms with E-state index in [0.717, 1.165) is 12.1 Å². The molecule has 4 rings (SSSR count). The van der Waals surface area contributed by atoms with E-state index in [-0.39, 0.29) is 50.2 Å². The highest BCUT2D eigenvalue weighted by molar-refractivity contribution is 5.77. The first-order valence-electron chi connectivity index (χ1n) is 10.5. The number of nitrogens with zero attached hydrogens (tertiary/aromatic N) is 2. The second kappa shape index (κ2) is 8.99. The minimum atomic E-state index is -5.07. The van der Waals surface area contributed by atoms with E-state index in [1.165, 1.54) is 17.2 Å². The van der Waals surface area contributed by atoms with E-state index in [0.29, 0.717) is 5.75 Å². The van der Waals surface area contributed by atoms with Gasteiger partial charge in [0.1, 0.15) is 17.0 Å². The molecule has 1 aromatic heterocycles. The summed E-state index contributed by atoms with van der Waals surface area (Å²) in [6, 6.07) is 5.68. The Morgan fingerprint density at radius 3 is 2.62 bits per heavy atom. The van der Waals surface area contributed by atoms with Gasteiger partial charge in [-0.2, -0.15) is 0 Å². The molecule has 8 nitrogen and oxygen atoms in total. The fraction of sp³-hybridized carbons (Fsp3) is 0.409. The number of ether oxygens (including phenoxy) is 2. The number of hydrogen-bond acceptors (Lipinski definition) is 5. The number of hydrogen-bond donors (Lipinski definition) is 2. The van der Waals surface area contributed by atoms with Gasteiger partial charge in [-0.15, -0.1) is 13.2 Å². The monoisotopic (exact) mass is 483 g/mol. The molecular weight excluding hydrogens is 462 g/mol. The molecule has 3 heterocycles. The molecule has 1 aromatic carbocycles. The quantitative estimate of drug-likeness (QED) is 0.644. The summed E-state index contributed by atoms with van der Waals surface area (Å²) in [7, 11) is 0. The Bertz CT molecular complexity index is 1090. The molecule has 1 atom stereocenters. The van der Waals surface area contributed by atoms with Crippen molar-refractivity contribution in [2.75, 3.05) is 19.7 Å². The van der Waals surface area contributed by atoms with Gasteiger partial charge in [-0.25, -0.2) is 9.18 Å². The Labute approximate surface area is 191 Å². The zero-order valence-electron chi connectivity index (χ0n) is 17.8. The van der Waals surface area contributed by atoms with Crippen LogP contribution in [0, 0.1) is 11.7 Å². The van der Waals surface area contributed by atoms with Gasteiger partial charge in [0.2, 0.25) is 0 Å². The number of aromatic nitrogens is 1. The largest absolute Gasteiger partial charge is 0.573 e. The van der Waals surface area contributed by atoms with Crippen molar-refractivity contribution >= 4 is 12.0 Å². The number of amides is 2. The van der Waals surface area contributed by atoms with E-state index < -0.39 is 41.4 Å². The van der Waals surface area contributed by atoms with Gasteiger partial charge < -0.3 is 24.8 Å². The van der Waals surface area contributed by atoms with E-state index in [1.54, 1.807) is 12.1 Å². The molecular formula is C22H21F4N3O5. The number of carbonyl (C=O) groups is 2. The number of carbonyl (C=O) groups excluding carboxylic acids is 1. The van der Waals surface area contributed by atoms with Gasteiger partial charge in [0.25, 0.3) is 0 Å². The number of aliphatic carboxylic acids is 1. The van der Waals surface area contributed by atoms with Gasteiger partial charge >= 0.3 is 18.4 Å². The first kappa shape index (κ1) is 23.6. The molecule has 2 aromatic rings. The molecule has 2 N–H and O–H groups in total. The van der Waals surface area contributed by atoms with Crippen LogP contribution in [0.3, 0.4) is 0 Å². The number of pyridine rings is 1. The molecule has 182 valence electrons. The molecule has 0 saturated carbocycles. The summed E-state index contributed by atoms with van der Waals surface area (Å²) in [5.74, 6) is -3.37.